The van der Waals surface area contributed by atoms with Crippen LogP contribution in [-0.2, 0) is 17.8 Å². The third kappa shape index (κ3) is 5.42. The fraction of sp³-hybridized carbons (Fsp3) is 0.469. The van der Waals surface area contributed by atoms with Crippen LogP contribution in [0.1, 0.15) is 79.3 Å². The van der Waals surface area contributed by atoms with E-state index in [1.165, 1.54) is 19.0 Å². The Hall–Kier alpha value is -3.32. The number of aryl methyl sites for hydroxylation is 2. The quantitative estimate of drug-likeness (QED) is 0.361. The summed E-state index contributed by atoms with van der Waals surface area (Å²) in [5.41, 5.74) is 6.03. The first-order chi connectivity index (χ1) is 18.9. The molecule has 204 valence electrons. The number of halogens is 1. The summed E-state index contributed by atoms with van der Waals surface area (Å²) in [6.45, 7) is 6.41. The SMILES string of the molecule is Cc1cc(-c2ccc(C3CCc4ccc([C@H](C5CC5)[C@H](C)C(=O)O)cc4O3)nc2CN2CCCC2)c(F)cn1. The van der Waals surface area contributed by atoms with Gasteiger partial charge >= 0.3 is 5.97 Å². The van der Waals surface area contributed by atoms with Crippen LogP contribution in [0.2, 0.25) is 0 Å². The van der Waals surface area contributed by atoms with Gasteiger partial charge in [0.25, 0.3) is 0 Å². The molecule has 2 aliphatic heterocycles. The van der Waals surface area contributed by atoms with Gasteiger partial charge in [0, 0.05) is 23.4 Å². The lowest BCUT2D eigenvalue weighted by atomic mass is 9.82. The Kier molecular flexibility index (Phi) is 7.10. The minimum atomic E-state index is -0.751. The zero-order valence-corrected chi connectivity index (χ0v) is 22.7. The molecule has 1 saturated carbocycles. The lowest BCUT2D eigenvalue weighted by Gasteiger charge is -2.29. The van der Waals surface area contributed by atoms with Gasteiger partial charge in [0.1, 0.15) is 17.7 Å². The average Bonchev–Trinajstić information content (AvgIpc) is 3.63. The van der Waals surface area contributed by atoms with Crippen LogP contribution in [0.4, 0.5) is 4.39 Å². The third-order valence-corrected chi connectivity index (χ3v) is 8.66. The Morgan fingerprint density at radius 1 is 1.13 bits per heavy atom. The van der Waals surface area contributed by atoms with Crippen molar-refractivity contribution in [2.45, 2.75) is 70.9 Å². The second-order valence-electron chi connectivity index (χ2n) is 11.5. The normalized spacial score (nSPS) is 20.7. The molecule has 1 saturated heterocycles. The van der Waals surface area contributed by atoms with E-state index in [-0.39, 0.29) is 17.8 Å². The zero-order chi connectivity index (χ0) is 27.1. The standard InChI is InChI=1S/C32H36FN3O3/c1-19-15-25(26(33)17-34-19)24-10-11-27(35-28(24)18-36-13-3-4-14-36)29-12-9-21-5-8-23(16-30(21)39-29)31(22-6-7-22)20(2)32(37)38/h5,8,10-11,15-17,20,22,29,31H,3-4,6-7,9,12-14,18H2,1-2H3,(H,37,38)/t20-,29?,31-/m0/s1. The van der Waals surface area contributed by atoms with Gasteiger partial charge in [0.15, 0.2) is 0 Å². The number of ether oxygens (including phenoxy) is 1. The van der Waals surface area contributed by atoms with E-state index >= 15 is 0 Å². The first kappa shape index (κ1) is 25.9. The number of fused-ring (bicyclic) bond motifs is 1. The molecule has 2 aromatic heterocycles. The van der Waals surface area contributed by atoms with Gasteiger partial charge in [-0.25, -0.2) is 4.39 Å². The number of carboxylic acids is 1. The molecule has 1 aromatic carbocycles. The molecule has 4 heterocycles. The van der Waals surface area contributed by atoms with E-state index in [0.29, 0.717) is 18.0 Å². The highest BCUT2D eigenvalue weighted by molar-refractivity contribution is 5.71. The Bertz CT molecular complexity index is 1380. The molecule has 7 heteroatoms. The first-order valence-corrected chi connectivity index (χ1v) is 14.2. The minimum Gasteiger partial charge on any atom is -0.484 e. The highest BCUT2D eigenvalue weighted by Crippen LogP contribution is 2.48. The summed E-state index contributed by atoms with van der Waals surface area (Å²) in [7, 11) is 0. The molecule has 39 heavy (non-hydrogen) atoms. The van der Waals surface area contributed by atoms with E-state index < -0.39 is 11.9 Å². The monoisotopic (exact) mass is 529 g/mol. The van der Waals surface area contributed by atoms with Gasteiger partial charge in [-0.2, -0.15) is 0 Å². The number of likely N-dealkylation sites (tertiary alicyclic amines) is 1. The second-order valence-corrected chi connectivity index (χ2v) is 11.5. The molecule has 1 N–H and O–H groups in total. The van der Waals surface area contributed by atoms with Crippen LogP contribution >= 0.6 is 0 Å². The molecule has 3 aromatic rings. The molecule has 0 spiro atoms. The summed E-state index contributed by atoms with van der Waals surface area (Å²) in [5.74, 6) is -0.273. The van der Waals surface area contributed by atoms with Crippen LogP contribution in [0.5, 0.6) is 5.75 Å². The van der Waals surface area contributed by atoms with Gasteiger partial charge in [0.2, 0.25) is 0 Å². The number of rotatable bonds is 8. The maximum Gasteiger partial charge on any atom is 0.306 e. The molecule has 3 atom stereocenters. The lowest BCUT2D eigenvalue weighted by Crippen LogP contribution is -2.22. The van der Waals surface area contributed by atoms with Gasteiger partial charge in [-0.15, -0.1) is 0 Å². The van der Waals surface area contributed by atoms with Gasteiger partial charge in [-0.05, 0) is 99.7 Å². The third-order valence-electron chi connectivity index (χ3n) is 8.66. The average molecular weight is 530 g/mol. The van der Waals surface area contributed by atoms with E-state index in [0.717, 1.165) is 78.3 Å². The van der Waals surface area contributed by atoms with Gasteiger partial charge < -0.3 is 9.84 Å². The predicted octanol–water partition coefficient (Wildman–Crippen LogP) is 6.47. The van der Waals surface area contributed by atoms with Crippen molar-refractivity contribution in [3.63, 3.8) is 0 Å². The van der Waals surface area contributed by atoms with Crippen molar-refractivity contribution in [2.24, 2.45) is 11.8 Å². The molecule has 6 rings (SSSR count). The molecule has 1 aliphatic carbocycles. The maximum atomic E-state index is 14.9. The highest BCUT2D eigenvalue weighted by atomic mass is 19.1. The van der Waals surface area contributed by atoms with Crippen molar-refractivity contribution in [3.05, 3.63) is 76.6 Å². The number of benzene rings is 1. The highest BCUT2D eigenvalue weighted by Gasteiger charge is 2.39. The first-order valence-electron chi connectivity index (χ1n) is 14.2. The van der Waals surface area contributed by atoms with Crippen LogP contribution in [0.3, 0.4) is 0 Å². The fourth-order valence-corrected chi connectivity index (χ4v) is 6.35. The van der Waals surface area contributed by atoms with E-state index in [9.17, 15) is 14.3 Å². The number of hydrogen-bond donors (Lipinski definition) is 1. The van der Waals surface area contributed by atoms with Crippen LogP contribution in [-0.4, -0.2) is 39.0 Å². The smallest absolute Gasteiger partial charge is 0.306 e. The summed E-state index contributed by atoms with van der Waals surface area (Å²) < 4.78 is 21.4. The van der Waals surface area contributed by atoms with Crippen LogP contribution in [0.25, 0.3) is 11.1 Å². The number of hydrogen-bond acceptors (Lipinski definition) is 5. The Labute approximate surface area is 229 Å². The largest absolute Gasteiger partial charge is 0.484 e. The van der Waals surface area contributed by atoms with Crippen molar-refractivity contribution in [3.8, 4) is 16.9 Å². The second kappa shape index (κ2) is 10.7. The van der Waals surface area contributed by atoms with Crippen LogP contribution in [0, 0.1) is 24.6 Å². The zero-order valence-electron chi connectivity index (χ0n) is 22.7. The summed E-state index contributed by atoms with van der Waals surface area (Å²) in [6.07, 6.45) is 7.26. The summed E-state index contributed by atoms with van der Waals surface area (Å²) in [5, 5.41) is 9.71. The number of aliphatic carboxylic acids is 1. The van der Waals surface area contributed by atoms with Gasteiger partial charge in [-0.3, -0.25) is 19.7 Å². The molecular weight excluding hydrogens is 493 g/mol. The molecule has 3 aliphatic rings. The number of carboxylic acid groups (broad SMARTS) is 1. The summed E-state index contributed by atoms with van der Waals surface area (Å²) in [4.78, 5) is 23.4. The van der Waals surface area contributed by atoms with Crippen LogP contribution in [0.15, 0.2) is 42.6 Å². The molecule has 2 fully saturated rings. The van der Waals surface area contributed by atoms with Crippen molar-refractivity contribution in [1.29, 1.82) is 0 Å². The number of carbonyl (C=O) groups is 1. The molecule has 1 unspecified atom stereocenters. The van der Waals surface area contributed by atoms with Crippen molar-refractivity contribution in [1.82, 2.24) is 14.9 Å². The van der Waals surface area contributed by atoms with Gasteiger partial charge in [0.05, 0.1) is 23.5 Å². The molecular formula is C32H36FN3O3. The maximum absolute atomic E-state index is 14.9. The van der Waals surface area contributed by atoms with E-state index in [1.54, 1.807) is 6.07 Å². The van der Waals surface area contributed by atoms with E-state index in [2.05, 4.69) is 28.1 Å². The Balaban J connectivity index is 1.31. The van der Waals surface area contributed by atoms with Crippen molar-refractivity contribution in [2.75, 3.05) is 13.1 Å². The minimum absolute atomic E-state index is 0.0000331. The molecule has 6 nitrogen and oxygen atoms in total. The summed E-state index contributed by atoms with van der Waals surface area (Å²) in [6, 6.07) is 12.0. The topological polar surface area (TPSA) is 75.6 Å². The van der Waals surface area contributed by atoms with Gasteiger partial charge in [-0.1, -0.05) is 25.1 Å². The number of pyridine rings is 2. The summed E-state index contributed by atoms with van der Waals surface area (Å²) >= 11 is 0. The Morgan fingerprint density at radius 3 is 2.67 bits per heavy atom. The number of aromatic nitrogens is 2. The van der Waals surface area contributed by atoms with Crippen molar-refractivity contribution < 1.29 is 19.0 Å². The van der Waals surface area contributed by atoms with Crippen LogP contribution < -0.4 is 4.74 Å². The molecule has 0 bridgehead atoms. The molecule has 0 radical (unpaired) electrons. The van der Waals surface area contributed by atoms with Crippen molar-refractivity contribution >= 4 is 5.97 Å². The fourth-order valence-electron chi connectivity index (χ4n) is 6.35. The van der Waals surface area contributed by atoms with E-state index in [1.807, 2.05) is 26.0 Å². The van der Waals surface area contributed by atoms with E-state index in [4.69, 9.17) is 9.72 Å². The predicted molar refractivity (Wildman–Crippen MR) is 147 cm³/mol. The molecule has 0 amide bonds. The number of nitrogens with zero attached hydrogens (tertiary/aromatic N) is 3. The Morgan fingerprint density at radius 2 is 1.92 bits per heavy atom. The lowest BCUT2D eigenvalue weighted by molar-refractivity contribution is -0.142.